The molecule has 1 aromatic rings. The number of thioether (sulfide) groups is 1. The Labute approximate surface area is 123 Å². The predicted molar refractivity (Wildman–Crippen MR) is 70.3 cm³/mol. The van der Waals surface area contributed by atoms with Crippen LogP contribution in [0.2, 0.25) is 0 Å². The molecule has 1 aromatic carbocycles. The fraction of sp³-hybridized carbons (Fsp3) is 0.571. The first kappa shape index (κ1) is 15.0. The van der Waals surface area contributed by atoms with Gasteiger partial charge in [-0.3, -0.25) is 0 Å². The van der Waals surface area contributed by atoms with Gasteiger partial charge in [0.25, 0.3) is 0 Å². The third kappa shape index (κ3) is 2.30. The highest BCUT2D eigenvalue weighted by Gasteiger charge is 2.58. The molecular formula is C14H14F4O2S. The number of aliphatic hydroxyl groups excluding tert-OH is 1. The highest BCUT2D eigenvalue weighted by Crippen LogP contribution is 2.57. The number of fused-ring (bicyclic) bond motifs is 1. The van der Waals surface area contributed by atoms with E-state index in [4.69, 9.17) is 4.74 Å². The van der Waals surface area contributed by atoms with Gasteiger partial charge >= 0.3 is 5.92 Å². The average molecular weight is 322 g/mol. The van der Waals surface area contributed by atoms with Crippen LogP contribution in [-0.2, 0) is 0 Å². The van der Waals surface area contributed by atoms with E-state index in [1.165, 1.54) is 12.1 Å². The number of hydrogen-bond donors (Lipinski definition) is 1. The minimum Gasteiger partial charge on any atom is -0.490 e. The lowest BCUT2D eigenvalue weighted by molar-refractivity contribution is -0.144. The summed E-state index contributed by atoms with van der Waals surface area (Å²) in [4.78, 5) is 0.126. The van der Waals surface area contributed by atoms with Crippen molar-refractivity contribution < 1.29 is 27.4 Å². The van der Waals surface area contributed by atoms with Crippen LogP contribution in [0.4, 0.5) is 17.6 Å². The van der Waals surface area contributed by atoms with Crippen molar-refractivity contribution in [1.29, 1.82) is 0 Å². The Morgan fingerprint density at radius 3 is 2.57 bits per heavy atom. The maximum absolute atomic E-state index is 14.1. The molecule has 0 heterocycles. The molecule has 0 aliphatic heterocycles. The van der Waals surface area contributed by atoms with Gasteiger partial charge in [-0.25, -0.2) is 8.78 Å². The van der Waals surface area contributed by atoms with Gasteiger partial charge in [0, 0.05) is 16.0 Å². The van der Waals surface area contributed by atoms with Crippen LogP contribution in [0.3, 0.4) is 0 Å². The molecule has 3 rings (SSSR count). The number of alkyl halides is 4. The largest absolute Gasteiger partial charge is 0.490 e. The minimum atomic E-state index is -3.92. The average Bonchev–Trinajstić information content (AvgIpc) is 2.58. The van der Waals surface area contributed by atoms with Gasteiger partial charge < -0.3 is 9.84 Å². The molecule has 0 radical (unpaired) electrons. The first-order chi connectivity index (χ1) is 9.96. The van der Waals surface area contributed by atoms with E-state index in [1.807, 2.05) is 0 Å². The summed E-state index contributed by atoms with van der Waals surface area (Å²) in [5.74, 6) is -3.89. The minimum absolute atomic E-state index is 0.0293. The monoisotopic (exact) mass is 322 g/mol. The smallest absolute Gasteiger partial charge is 0.312 e. The van der Waals surface area contributed by atoms with Crippen LogP contribution < -0.4 is 4.74 Å². The highest BCUT2D eigenvalue weighted by atomic mass is 32.2. The molecule has 0 spiro atoms. The summed E-state index contributed by atoms with van der Waals surface area (Å²) in [6.45, 7) is 0. The van der Waals surface area contributed by atoms with Gasteiger partial charge in [-0.1, -0.05) is 11.8 Å². The third-order valence-electron chi connectivity index (χ3n) is 3.99. The van der Waals surface area contributed by atoms with E-state index in [0.717, 1.165) is 19.3 Å². The van der Waals surface area contributed by atoms with Crippen molar-refractivity contribution in [3.63, 3.8) is 0 Å². The van der Waals surface area contributed by atoms with E-state index in [9.17, 15) is 22.7 Å². The molecule has 2 aliphatic rings. The standard InChI is InChI=1S/C14H14F4O2S/c15-6-21-9-5-4-8(20-7-2-1-3-7)10-11(9)13(19)14(17,18)12(10)16/h4-5,7,12-13,19H,1-3,6H2/t12-,13+/m1/s1. The molecule has 2 aliphatic carbocycles. The van der Waals surface area contributed by atoms with Crippen molar-refractivity contribution in [2.45, 2.75) is 48.5 Å². The summed E-state index contributed by atoms with van der Waals surface area (Å²) < 4.78 is 59.7. The number of ether oxygens (including phenoxy) is 1. The zero-order chi connectivity index (χ0) is 15.2. The first-order valence-electron chi connectivity index (χ1n) is 6.69. The molecule has 1 fully saturated rings. The van der Waals surface area contributed by atoms with Crippen LogP contribution >= 0.6 is 11.8 Å². The van der Waals surface area contributed by atoms with Crippen LogP contribution in [0.15, 0.2) is 17.0 Å². The fourth-order valence-electron chi connectivity index (χ4n) is 2.62. The lowest BCUT2D eigenvalue weighted by atomic mass is 9.96. The number of hydrogen-bond acceptors (Lipinski definition) is 3. The molecule has 21 heavy (non-hydrogen) atoms. The van der Waals surface area contributed by atoms with Crippen molar-refractivity contribution in [3.05, 3.63) is 23.3 Å². The Morgan fingerprint density at radius 1 is 1.29 bits per heavy atom. The maximum atomic E-state index is 14.1. The number of halogens is 4. The topological polar surface area (TPSA) is 29.5 Å². The molecule has 0 unspecified atom stereocenters. The molecular weight excluding hydrogens is 308 g/mol. The summed E-state index contributed by atoms with van der Waals surface area (Å²) in [6.07, 6.45) is -2.44. The molecule has 2 nitrogen and oxygen atoms in total. The lowest BCUT2D eigenvalue weighted by Crippen LogP contribution is -2.26. The van der Waals surface area contributed by atoms with Crippen molar-refractivity contribution in [3.8, 4) is 5.75 Å². The molecule has 2 atom stereocenters. The van der Waals surface area contributed by atoms with E-state index in [0.29, 0.717) is 11.8 Å². The number of aliphatic hydroxyl groups is 1. The van der Waals surface area contributed by atoms with Crippen molar-refractivity contribution in [2.24, 2.45) is 0 Å². The lowest BCUT2D eigenvalue weighted by Gasteiger charge is -2.28. The van der Waals surface area contributed by atoms with Gasteiger partial charge in [-0.05, 0) is 31.4 Å². The molecule has 0 saturated heterocycles. The fourth-order valence-corrected chi connectivity index (χ4v) is 3.28. The zero-order valence-electron chi connectivity index (χ0n) is 11.0. The summed E-state index contributed by atoms with van der Waals surface area (Å²) in [7, 11) is 0. The SMILES string of the molecule is O[C@H]1c2c(SCF)ccc(OC3CCC3)c2[C@@H](F)C1(F)F. The Kier molecular flexibility index (Phi) is 3.81. The molecule has 7 heteroatoms. The second-order valence-corrected chi connectivity index (χ2v) is 6.20. The van der Waals surface area contributed by atoms with E-state index in [1.54, 1.807) is 0 Å². The second-order valence-electron chi connectivity index (χ2n) is 5.25. The summed E-state index contributed by atoms with van der Waals surface area (Å²) >= 11 is 0.652. The van der Waals surface area contributed by atoms with Crippen LogP contribution in [0.5, 0.6) is 5.75 Å². The number of rotatable bonds is 4. The van der Waals surface area contributed by atoms with Crippen molar-refractivity contribution in [1.82, 2.24) is 0 Å². The van der Waals surface area contributed by atoms with Gasteiger partial charge in [0.2, 0.25) is 0 Å². The molecule has 0 bridgehead atoms. The van der Waals surface area contributed by atoms with Crippen molar-refractivity contribution >= 4 is 11.8 Å². The van der Waals surface area contributed by atoms with Gasteiger partial charge in [-0.15, -0.1) is 0 Å². The molecule has 0 aromatic heterocycles. The quantitative estimate of drug-likeness (QED) is 0.661. The Balaban J connectivity index is 2.05. The first-order valence-corrected chi connectivity index (χ1v) is 7.67. The number of benzene rings is 1. The zero-order valence-corrected chi connectivity index (χ0v) is 11.8. The Morgan fingerprint density at radius 2 is 2.00 bits per heavy atom. The predicted octanol–water partition coefficient (Wildman–Crippen LogP) is 4.33. The molecule has 1 N–H and O–H groups in total. The van der Waals surface area contributed by atoms with E-state index < -0.39 is 24.2 Å². The van der Waals surface area contributed by atoms with E-state index in [2.05, 4.69) is 0 Å². The van der Waals surface area contributed by atoms with Crippen LogP contribution in [0.1, 0.15) is 42.7 Å². The Hall–Kier alpha value is -0.950. The second kappa shape index (κ2) is 5.35. The van der Waals surface area contributed by atoms with E-state index in [-0.39, 0.29) is 27.9 Å². The third-order valence-corrected chi connectivity index (χ3v) is 4.77. The van der Waals surface area contributed by atoms with Crippen molar-refractivity contribution in [2.75, 3.05) is 6.01 Å². The molecule has 116 valence electrons. The maximum Gasteiger partial charge on any atom is 0.312 e. The summed E-state index contributed by atoms with van der Waals surface area (Å²) in [6, 6.07) is 1.94. The Bertz CT molecular complexity index is 548. The van der Waals surface area contributed by atoms with Crippen LogP contribution in [0, 0.1) is 0 Å². The van der Waals surface area contributed by atoms with Gasteiger partial charge in [-0.2, -0.15) is 8.78 Å². The van der Waals surface area contributed by atoms with Gasteiger partial charge in [0.15, 0.2) is 6.17 Å². The van der Waals surface area contributed by atoms with Gasteiger partial charge in [0.1, 0.15) is 17.9 Å². The normalized spacial score (nSPS) is 27.3. The highest BCUT2D eigenvalue weighted by molar-refractivity contribution is 7.99. The van der Waals surface area contributed by atoms with Crippen LogP contribution in [-0.4, -0.2) is 23.1 Å². The summed E-state index contributed by atoms with van der Waals surface area (Å²) in [5.41, 5.74) is -0.579. The van der Waals surface area contributed by atoms with E-state index >= 15 is 0 Å². The van der Waals surface area contributed by atoms with Crippen LogP contribution in [0.25, 0.3) is 0 Å². The summed E-state index contributed by atoms with van der Waals surface area (Å²) in [5, 5.41) is 9.74. The van der Waals surface area contributed by atoms with Gasteiger partial charge in [0.05, 0.1) is 6.10 Å². The molecule has 1 saturated carbocycles. The molecule has 0 amide bonds.